The van der Waals surface area contributed by atoms with Gasteiger partial charge in [-0.05, 0) is 55.4 Å². The summed E-state index contributed by atoms with van der Waals surface area (Å²) in [5.41, 5.74) is 3.05. The Hall–Kier alpha value is -1.35. The number of hydrogen-bond acceptors (Lipinski definition) is 2. The molecule has 0 aliphatic heterocycles. The Kier molecular flexibility index (Phi) is 5.55. The normalized spacial score (nSPS) is 11.4. The smallest absolute Gasteiger partial charge is 0.251 e. The third-order valence-corrected chi connectivity index (χ3v) is 3.51. The second-order valence-electron chi connectivity index (χ2n) is 5.97. The van der Waals surface area contributed by atoms with Crippen molar-refractivity contribution in [1.29, 1.82) is 0 Å². The molecular formula is C16H25NO2. The van der Waals surface area contributed by atoms with Gasteiger partial charge in [0.25, 0.3) is 5.91 Å². The first-order chi connectivity index (χ1) is 8.85. The molecule has 0 aromatic heterocycles. The molecule has 3 heteroatoms. The molecule has 1 aromatic carbocycles. The summed E-state index contributed by atoms with van der Waals surface area (Å²) in [5, 5.41) is 11.8. The Labute approximate surface area is 116 Å². The van der Waals surface area contributed by atoms with E-state index in [0.717, 1.165) is 18.4 Å². The fraction of sp³-hybridized carbons (Fsp3) is 0.562. The Morgan fingerprint density at radius 3 is 2.53 bits per heavy atom. The number of aliphatic hydroxyl groups excluding tert-OH is 1. The Morgan fingerprint density at radius 1 is 1.26 bits per heavy atom. The van der Waals surface area contributed by atoms with Crippen molar-refractivity contribution in [2.24, 2.45) is 5.41 Å². The van der Waals surface area contributed by atoms with E-state index in [-0.39, 0.29) is 17.9 Å². The Morgan fingerprint density at radius 2 is 1.95 bits per heavy atom. The molecule has 3 nitrogen and oxygen atoms in total. The van der Waals surface area contributed by atoms with Crippen molar-refractivity contribution in [2.45, 2.75) is 40.5 Å². The molecule has 0 radical (unpaired) electrons. The minimum atomic E-state index is -0.0276. The molecular weight excluding hydrogens is 238 g/mol. The van der Waals surface area contributed by atoms with Gasteiger partial charge >= 0.3 is 0 Å². The lowest BCUT2D eigenvalue weighted by atomic mass is 9.88. The molecule has 2 N–H and O–H groups in total. The lowest BCUT2D eigenvalue weighted by molar-refractivity contribution is 0.0933. The predicted molar refractivity (Wildman–Crippen MR) is 78.4 cm³/mol. The number of aliphatic hydroxyl groups is 1. The molecule has 0 saturated carbocycles. The standard InChI is InChI=1S/C16H25NO2/c1-12-6-7-14(10-13(12)2)15(19)17-11-16(3,4)8-5-9-18/h6-7,10,18H,5,8-9,11H2,1-4H3,(H,17,19). The van der Waals surface area contributed by atoms with Crippen molar-refractivity contribution >= 4 is 5.91 Å². The van der Waals surface area contributed by atoms with Crippen LogP contribution in [0.5, 0.6) is 0 Å². The number of aryl methyl sites for hydroxylation is 2. The summed E-state index contributed by atoms with van der Waals surface area (Å²) in [5.74, 6) is -0.0276. The lowest BCUT2D eigenvalue weighted by Crippen LogP contribution is -2.34. The molecule has 19 heavy (non-hydrogen) atoms. The van der Waals surface area contributed by atoms with Gasteiger partial charge in [-0.15, -0.1) is 0 Å². The van der Waals surface area contributed by atoms with Crippen LogP contribution in [0, 0.1) is 19.3 Å². The van der Waals surface area contributed by atoms with E-state index in [2.05, 4.69) is 19.2 Å². The molecule has 0 fully saturated rings. The zero-order chi connectivity index (χ0) is 14.5. The van der Waals surface area contributed by atoms with Gasteiger partial charge in [-0.2, -0.15) is 0 Å². The monoisotopic (exact) mass is 263 g/mol. The molecule has 1 amide bonds. The average Bonchev–Trinajstić information content (AvgIpc) is 2.37. The fourth-order valence-corrected chi connectivity index (χ4v) is 1.95. The van der Waals surface area contributed by atoms with Crippen LogP contribution in [0.4, 0.5) is 0 Å². The zero-order valence-electron chi connectivity index (χ0n) is 12.4. The summed E-state index contributed by atoms with van der Waals surface area (Å²) in [6.45, 7) is 9.08. The minimum absolute atomic E-state index is 0.0120. The molecule has 0 unspecified atom stereocenters. The molecule has 0 spiro atoms. The second kappa shape index (κ2) is 6.71. The maximum Gasteiger partial charge on any atom is 0.251 e. The van der Waals surface area contributed by atoms with Gasteiger partial charge in [0.15, 0.2) is 0 Å². The summed E-state index contributed by atoms with van der Waals surface area (Å²) in [7, 11) is 0. The molecule has 0 heterocycles. The molecule has 0 aliphatic carbocycles. The molecule has 0 bridgehead atoms. The minimum Gasteiger partial charge on any atom is -0.396 e. The van der Waals surface area contributed by atoms with Crippen molar-refractivity contribution in [1.82, 2.24) is 5.32 Å². The van der Waals surface area contributed by atoms with E-state index in [4.69, 9.17) is 5.11 Å². The summed E-state index contributed by atoms with van der Waals surface area (Å²) in [4.78, 5) is 12.1. The van der Waals surface area contributed by atoms with E-state index in [1.54, 1.807) is 0 Å². The van der Waals surface area contributed by atoms with E-state index in [1.807, 2.05) is 32.0 Å². The van der Waals surface area contributed by atoms with Crippen LogP contribution in [0.1, 0.15) is 48.2 Å². The second-order valence-corrected chi connectivity index (χ2v) is 5.97. The van der Waals surface area contributed by atoms with E-state index in [1.165, 1.54) is 5.56 Å². The summed E-state index contributed by atoms with van der Waals surface area (Å²) < 4.78 is 0. The number of carbonyl (C=O) groups is 1. The van der Waals surface area contributed by atoms with Crippen LogP contribution in [0.3, 0.4) is 0 Å². The Balaban J connectivity index is 2.57. The van der Waals surface area contributed by atoms with Gasteiger partial charge in [-0.25, -0.2) is 0 Å². The molecule has 0 atom stereocenters. The number of benzene rings is 1. The van der Waals surface area contributed by atoms with Crippen LogP contribution in [-0.4, -0.2) is 24.2 Å². The molecule has 1 aromatic rings. The van der Waals surface area contributed by atoms with Gasteiger partial charge in [-0.3, -0.25) is 4.79 Å². The van der Waals surface area contributed by atoms with Crippen molar-refractivity contribution in [3.63, 3.8) is 0 Å². The highest BCUT2D eigenvalue weighted by atomic mass is 16.2. The molecule has 1 rings (SSSR count). The van der Waals surface area contributed by atoms with Crippen LogP contribution >= 0.6 is 0 Å². The van der Waals surface area contributed by atoms with Crippen LogP contribution in [0.2, 0.25) is 0 Å². The number of nitrogens with one attached hydrogen (secondary N) is 1. The van der Waals surface area contributed by atoms with Gasteiger partial charge in [-0.1, -0.05) is 19.9 Å². The fourth-order valence-electron chi connectivity index (χ4n) is 1.95. The van der Waals surface area contributed by atoms with Crippen LogP contribution < -0.4 is 5.32 Å². The molecule has 0 saturated heterocycles. The number of hydrogen-bond donors (Lipinski definition) is 2. The lowest BCUT2D eigenvalue weighted by Gasteiger charge is -2.24. The van der Waals surface area contributed by atoms with E-state index >= 15 is 0 Å². The van der Waals surface area contributed by atoms with Crippen molar-refractivity contribution in [3.05, 3.63) is 34.9 Å². The highest BCUT2D eigenvalue weighted by Crippen LogP contribution is 2.21. The molecule has 0 aliphatic rings. The topological polar surface area (TPSA) is 49.3 Å². The first kappa shape index (κ1) is 15.7. The maximum absolute atomic E-state index is 12.1. The number of amides is 1. The van der Waals surface area contributed by atoms with E-state index in [0.29, 0.717) is 12.1 Å². The summed E-state index contributed by atoms with van der Waals surface area (Å²) in [6, 6.07) is 5.75. The third kappa shape index (κ3) is 5.03. The van der Waals surface area contributed by atoms with Crippen molar-refractivity contribution in [2.75, 3.05) is 13.2 Å². The summed E-state index contributed by atoms with van der Waals surface area (Å²) in [6.07, 6.45) is 1.67. The highest BCUT2D eigenvalue weighted by Gasteiger charge is 2.18. The van der Waals surface area contributed by atoms with Crippen molar-refractivity contribution < 1.29 is 9.90 Å². The maximum atomic E-state index is 12.1. The van der Waals surface area contributed by atoms with Gasteiger partial charge in [0.1, 0.15) is 0 Å². The highest BCUT2D eigenvalue weighted by molar-refractivity contribution is 5.94. The zero-order valence-corrected chi connectivity index (χ0v) is 12.4. The third-order valence-electron chi connectivity index (χ3n) is 3.51. The van der Waals surface area contributed by atoms with E-state index < -0.39 is 0 Å². The molecule has 106 valence electrons. The first-order valence-corrected chi connectivity index (χ1v) is 6.82. The average molecular weight is 263 g/mol. The van der Waals surface area contributed by atoms with Gasteiger partial charge < -0.3 is 10.4 Å². The van der Waals surface area contributed by atoms with Gasteiger partial charge in [0.05, 0.1) is 0 Å². The van der Waals surface area contributed by atoms with Crippen LogP contribution in [0.25, 0.3) is 0 Å². The largest absolute Gasteiger partial charge is 0.396 e. The van der Waals surface area contributed by atoms with Gasteiger partial charge in [0.2, 0.25) is 0 Å². The predicted octanol–water partition coefficient (Wildman–Crippen LogP) is 2.83. The van der Waals surface area contributed by atoms with Crippen LogP contribution in [0.15, 0.2) is 18.2 Å². The SMILES string of the molecule is Cc1ccc(C(=O)NCC(C)(C)CCCO)cc1C. The van der Waals surface area contributed by atoms with Crippen LogP contribution in [-0.2, 0) is 0 Å². The van der Waals surface area contributed by atoms with Crippen molar-refractivity contribution in [3.8, 4) is 0 Å². The number of rotatable bonds is 6. The first-order valence-electron chi connectivity index (χ1n) is 6.82. The van der Waals surface area contributed by atoms with E-state index in [9.17, 15) is 4.79 Å². The number of carbonyl (C=O) groups excluding carboxylic acids is 1. The quantitative estimate of drug-likeness (QED) is 0.829. The summed E-state index contributed by atoms with van der Waals surface area (Å²) >= 11 is 0. The Bertz CT molecular complexity index is 438. The van der Waals surface area contributed by atoms with Gasteiger partial charge in [0, 0.05) is 18.7 Å².